The third kappa shape index (κ3) is 1.90. The van der Waals surface area contributed by atoms with Crippen LogP contribution in [0.4, 0.5) is 0 Å². The molecule has 0 aliphatic heterocycles. The van der Waals surface area contributed by atoms with Crippen molar-refractivity contribution >= 4 is 21.7 Å². The van der Waals surface area contributed by atoms with E-state index in [0.29, 0.717) is 23.5 Å². The Morgan fingerprint density at radius 1 is 1.18 bits per heavy atom. The third-order valence-corrected chi connectivity index (χ3v) is 8.57. The summed E-state index contributed by atoms with van der Waals surface area (Å²) >= 11 is 3.64. The number of hydrogen-bond acceptors (Lipinski definition) is 2. The molecule has 122 valence electrons. The Labute approximate surface area is 141 Å². The third-order valence-electron chi connectivity index (χ3n) is 7.78. The largest absolute Gasteiger partial charge is 0.393 e. The highest BCUT2D eigenvalue weighted by molar-refractivity contribution is 9.10. The number of Topliss-reactive ketones (excluding diaryl/α,β-unsaturated/α-hetero) is 1. The van der Waals surface area contributed by atoms with E-state index >= 15 is 0 Å². The molecule has 0 aromatic rings. The van der Waals surface area contributed by atoms with E-state index in [0.717, 1.165) is 38.5 Å². The Hall–Kier alpha value is -0.150. The number of ketones is 1. The maximum Gasteiger partial charge on any atom is 0.152 e. The summed E-state index contributed by atoms with van der Waals surface area (Å²) in [5.74, 6) is 2.37. The highest BCUT2D eigenvalue weighted by Gasteiger charge is 2.60. The Kier molecular flexibility index (Phi) is 3.44. The fourth-order valence-corrected chi connectivity index (χ4v) is 7.32. The number of allylic oxidation sites excluding steroid dienone is 1. The number of alkyl halides is 1. The average molecular weight is 367 g/mol. The molecule has 3 saturated carbocycles. The van der Waals surface area contributed by atoms with Gasteiger partial charge in [0.25, 0.3) is 0 Å². The van der Waals surface area contributed by atoms with Gasteiger partial charge < -0.3 is 5.11 Å². The van der Waals surface area contributed by atoms with Gasteiger partial charge in [-0.1, -0.05) is 41.4 Å². The first kappa shape index (κ1) is 15.4. The fraction of sp³-hybridized carbons (Fsp3) is 0.842. The van der Waals surface area contributed by atoms with Crippen LogP contribution in [0.25, 0.3) is 0 Å². The Balaban J connectivity index is 1.70. The Morgan fingerprint density at radius 3 is 2.68 bits per heavy atom. The van der Waals surface area contributed by atoms with E-state index < -0.39 is 0 Å². The predicted octanol–water partition coefficient (Wildman–Crippen LogP) is 4.25. The van der Waals surface area contributed by atoms with Gasteiger partial charge in [0.1, 0.15) is 0 Å². The van der Waals surface area contributed by atoms with Gasteiger partial charge in [-0.15, -0.1) is 0 Å². The number of halogens is 1. The van der Waals surface area contributed by atoms with Crippen molar-refractivity contribution in [2.75, 3.05) is 0 Å². The van der Waals surface area contributed by atoms with E-state index in [-0.39, 0.29) is 21.8 Å². The Morgan fingerprint density at radius 2 is 1.91 bits per heavy atom. The number of hydrogen-bond donors (Lipinski definition) is 1. The van der Waals surface area contributed by atoms with Crippen molar-refractivity contribution in [3.63, 3.8) is 0 Å². The first-order valence-electron chi connectivity index (χ1n) is 8.92. The van der Waals surface area contributed by atoms with Crippen LogP contribution in [0, 0.1) is 28.6 Å². The standard InChI is InChI=1S/C19H27BrO2/c1-18-7-5-12(21)9-11(18)3-4-13-14(18)6-8-19(2)15(13)10-16(20)17(19)22/h3,12-16,21H,4-10H2,1-2H3/t12-,13-,14+,15+,16-,18+,19+/m1/s1. The van der Waals surface area contributed by atoms with Gasteiger partial charge in [-0.2, -0.15) is 0 Å². The van der Waals surface area contributed by atoms with Gasteiger partial charge in [0.2, 0.25) is 0 Å². The highest BCUT2D eigenvalue weighted by atomic mass is 79.9. The number of aliphatic hydroxyl groups is 1. The second-order valence-corrected chi connectivity index (χ2v) is 9.78. The zero-order chi connectivity index (χ0) is 15.7. The summed E-state index contributed by atoms with van der Waals surface area (Å²) in [5, 5.41) is 10.0. The molecule has 4 aliphatic rings. The summed E-state index contributed by atoms with van der Waals surface area (Å²) in [6.07, 6.45) is 9.63. The van der Waals surface area contributed by atoms with Gasteiger partial charge in [0, 0.05) is 5.41 Å². The maximum absolute atomic E-state index is 12.6. The van der Waals surface area contributed by atoms with Crippen LogP contribution in [0.2, 0.25) is 0 Å². The molecule has 4 rings (SSSR count). The molecule has 0 aromatic carbocycles. The van der Waals surface area contributed by atoms with E-state index in [9.17, 15) is 9.90 Å². The monoisotopic (exact) mass is 366 g/mol. The van der Waals surface area contributed by atoms with Crippen LogP contribution in [-0.4, -0.2) is 21.8 Å². The molecule has 22 heavy (non-hydrogen) atoms. The summed E-state index contributed by atoms with van der Waals surface area (Å²) < 4.78 is 0. The molecule has 2 nitrogen and oxygen atoms in total. The van der Waals surface area contributed by atoms with Crippen LogP contribution >= 0.6 is 15.9 Å². The Bertz CT molecular complexity index is 542. The number of carbonyl (C=O) groups is 1. The van der Waals surface area contributed by atoms with Crippen LogP contribution < -0.4 is 0 Å². The molecular weight excluding hydrogens is 340 g/mol. The number of carbonyl (C=O) groups excluding carboxylic acids is 1. The number of fused-ring (bicyclic) bond motifs is 5. The van der Waals surface area contributed by atoms with Gasteiger partial charge in [-0.3, -0.25) is 4.79 Å². The zero-order valence-corrected chi connectivity index (χ0v) is 15.2. The number of aliphatic hydroxyl groups excluding tert-OH is 1. The molecule has 1 N–H and O–H groups in total. The minimum absolute atomic E-state index is 0.0765. The van der Waals surface area contributed by atoms with Crippen LogP contribution in [0.5, 0.6) is 0 Å². The SMILES string of the molecule is C[C@]12CC[C@@H](O)CC1=CC[C@@H]1[C@@H]2CC[C@]2(C)C(=O)[C@H](Br)C[C@@H]12. The topological polar surface area (TPSA) is 37.3 Å². The quantitative estimate of drug-likeness (QED) is 0.513. The second kappa shape index (κ2) is 4.92. The van der Waals surface area contributed by atoms with Crippen molar-refractivity contribution in [2.24, 2.45) is 28.6 Å². The van der Waals surface area contributed by atoms with E-state index in [4.69, 9.17) is 0 Å². The van der Waals surface area contributed by atoms with Crippen LogP contribution in [0.1, 0.15) is 58.8 Å². The van der Waals surface area contributed by atoms with Gasteiger partial charge >= 0.3 is 0 Å². The summed E-state index contributed by atoms with van der Waals surface area (Å²) in [4.78, 5) is 12.7. The minimum atomic E-state index is -0.135. The minimum Gasteiger partial charge on any atom is -0.393 e. The first-order chi connectivity index (χ1) is 10.4. The molecule has 7 atom stereocenters. The molecule has 0 saturated heterocycles. The molecule has 3 fully saturated rings. The van der Waals surface area contributed by atoms with Crippen molar-refractivity contribution < 1.29 is 9.90 Å². The lowest BCUT2D eigenvalue weighted by Gasteiger charge is -2.56. The molecule has 0 unspecified atom stereocenters. The van der Waals surface area contributed by atoms with Gasteiger partial charge in [0.05, 0.1) is 10.9 Å². The molecule has 0 aromatic heterocycles. The van der Waals surface area contributed by atoms with Gasteiger partial charge in [-0.25, -0.2) is 0 Å². The molecule has 0 amide bonds. The molecule has 3 heteroatoms. The summed E-state index contributed by atoms with van der Waals surface area (Å²) in [7, 11) is 0. The van der Waals surface area contributed by atoms with Gasteiger partial charge in [-0.05, 0) is 68.1 Å². The highest BCUT2D eigenvalue weighted by Crippen LogP contribution is 2.64. The van der Waals surface area contributed by atoms with E-state index in [1.165, 1.54) is 12.0 Å². The molecule has 4 aliphatic carbocycles. The van der Waals surface area contributed by atoms with Crippen molar-refractivity contribution in [1.29, 1.82) is 0 Å². The van der Waals surface area contributed by atoms with Crippen LogP contribution in [0.3, 0.4) is 0 Å². The van der Waals surface area contributed by atoms with E-state index in [2.05, 4.69) is 35.9 Å². The maximum atomic E-state index is 12.6. The first-order valence-corrected chi connectivity index (χ1v) is 9.84. The molecule has 0 radical (unpaired) electrons. The lowest BCUT2D eigenvalue weighted by Crippen LogP contribution is -2.50. The predicted molar refractivity (Wildman–Crippen MR) is 90.8 cm³/mol. The fourth-order valence-electron chi connectivity index (χ4n) is 6.39. The average Bonchev–Trinajstić information content (AvgIpc) is 2.72. The van der Waals surface area contributed by atoms with Crippen molar-refractivity contribution in [3.8, 4) is 0 Å². The van der Waals surface area contributed by atoms with Crippen molar-refractivity contribution in [3.05, 3.63) is 11.6 Å². The normalized spacial score (nSPS) is 54.3. The smallest absolute Gasteiger partial charge is 0.152 e. The summed E-state index contributed by atoms with van der Waals surface area (Å²) in [5.41, 5.74) is 1.69. The number of rotatable bonds is 0. The summed E-state index contributed by atoms with van der Waals surface area (Å²) in [6, 6.07) is 0. The lowest BCUT2D eigenvalue weighted by atomic mass is 9.48. The second-order valence-electron chi connectivity index (χ2n) is 8.68. The van der Waals surface area contributed by atoms with E-state index in [1.807, 2.05) is 0 Å². The van der Waals surface area contributed by atoms with Crippen LogP contribution in [-0.2, 0) is 4.79 Å². The van der Waals surface area contributed by atoms with Crippen molar-refractivity contribution in [2.45, 2.75) is 69.7 Å². The summed E-state index contributed by atoms with van der Waals surface area (Å²) in [6.45, 7) is 4.66. The lowest BCUT2D eigenvalue weighted by molar-refractivity contribution is -0.131. The van der Waals surface area contributed by atoms with Crippen molar-refractivity contribution in [1.82, 2.24) is 0 Å². The van der Waals surface area contributed by atoms with Gasteiger partial charge in [0.15, 0.2) is 5.78 Å². The molecule has 0 bridgehead atoms. The van der Waals surface area contributed by atoms with Crippen LogP contribution in [0.15, 0.2) is 11.6 Å². The molecular formula is C19H27BrO2. The zero-order valence-electron chi connectivity index (χ0n) is 13.6. The molecule has 0 heterocycles. The molecule has 0 spiro atoms. The van der Waals surface area contributed by atoms with E-state index in [1.54, 1.807) is 0 Å².